The predicted molar refractivity (Wildman–Crippen MR) is 71.1 cm³/mol. The lowest BCUT2D eigenvalue weighted by atomic mass is 10.1. The van der Waals surface area contributed by atoms with Gasteiger partial charge in [0, 0.05) is 6.54 Å². The number of rotatable bonds is 3. The van der Waals surface area contributed by atoms with Gasteiger partial charge >= 0.3 is 6.18 Å². The highest BCUT2D eigenvalue weighted by Gasteiger charge is 2.42. The van der Waals surface area contributed by atoms with Crippen LogP contribution in [0.1, 0.15) is 12.0 Å². The Hall–Kier alpha value is -0.510. The number of β-amino-alcohol motifs (C(OH)–C–C–N with tert-alkyl or cyclic N) is 1. The first kappa shape index (κ1) is 16.9. The van der Waals surface area contributed by atoms with Crippen LogP contribution in [-0.2, 0) is 17.5 Å². The summed E-state index contributed by atoms with van der Waals surface area (Å²) in [7, 11) is 0. The van der Waals surface area contributed by atoms with E-state index >= 15 is 0 Å². The highest BCUT2D eigenvalue weighted by Crippen LogP contribution is 2.35. The largest absolute Gasteiger partial charge is 0.593 e. The zero-order valence-electron chi connectivity index (χ0n) is 10.7. The van der Waals surface area contributed by atoms with Crippen LogP contribution in [-0.4, -0.2) is 44.4 Å². The Labute approximate surface area is 127 Å². The summed E-state index contributed by atoms with van der Waals surface area (Å²) in [6, 6.07) is 2.61. The van der Waals surface area contributed by atoms with Crippen molar-refractivity contribution in [3.8, 4) is 0 Å². The number of halogens is 4. The molecule has 1 aliphatic rings. The van der Waals surface area contributed by atoms with Crippen LogP contribution in [0.15, 0.2) is 23.1 Å². The summed E-state index contributed by atoms with van der Waals surface area (Å²) in [6.45, 7) is -0.254. The molecular formula is C12H13ClF3NO3S. The van der Waals surface area contributed by atoms with Crippen LogP contribution in [0.4, 0.5) is 13.2 Å². The molecule has 1 saturated heterocycles. The minimum absolute atomic E-state index is 0.0343. The van der Waals surface area contributed by atoms with Gasteiger partial charge in [0.15, 0.2) is 4.90 Å². The molecule has 1 fully saturated rings. The van der Waals surface area contributed by atoms with Crippen LogP contribution >= 0.6 is 11.6 Å². The molecule has 0 bridgehead atoms. The van der Waals surface area contributed by atoms with Crippen LogP contribution < -0.4 is 0 Å². The fraction of sp³-hybridized carbons (Fsp3) is 0.500. The smallest absolute Gasteiger partial charge is 0.416 e. The predicted octanol–water partition coefficient (Wildman–Crippen LogP) is 1.81. The van der Waals surface area contributed by atoms with Crippen molar-refractivity contribution in [2.45, 2.75) is 23.1 Å². The second-order valence-corrected chi connectivity index (χ2v) is 6.75. The molecule has 4 nitrogen and oxygen atoms in total. The first-order valence-electron chi connectivity index (χ1n) is 6.03. The van der Waals surface area contributed by atoms with Gasteiger partial charge in [0.1, 0.15) is 5.60 Å². The van der Waals surface area contributed by atoms with Crippen molar-refractivity contribution in [2.24, 2.45) is 0 Å². The van der Waals surface area contributed by atoms with E-state index in [-0.39, 0.29) is 29.4 Å². The molecule has 0 aromatic heterocycles. The number of hydrogen-bond donors (Lipinski definition) is 2. The van der Waals surface area contributed by atoms with Gasteiger partial charge in [0.25, 0.3) is 0 Å². The Kier molecular flexibility index (Phi) is 4.77. The molecule has 2 unspecified atom stereocenters. The molecule has 21 heavy (non-hydrogen) atoms. The molecule has 0 amide bonds. The highest BCUT2D eigenvalue weighted by molar-refractivity contribution is 7.89. The van der Waals surface area contributed by atoms with Crippen LogP contribution in [0.5, 0.6) is 0 Å². The third-order valence-corrected chi connectivity index (χ3v) is 5.21. The molecule has 1 heterocycles. The summed E-state index contributed by atoms with van der Waals surface area (Å²) in [4.78, 5) is 0.0480. The molecule has 0 aliphatic carbocycles. The van der Waals surface area contributed by atoms with Gasteiger partial charge in [-0.25, -0.2) is 0 Å². The van der Waals surface area contributed by atoms with Gasteiger partial charge < -0.3 is 14.8 Å². The molecule has 2 rings (SSSR count). The number of aliphatic hydroxyl groups excluding tert-OH is 1. The molecule has 1 aromatic carbocycles. The van der Waals surface area contributed by atoms with Gasteiger partial charge in [0.05, 0.1) is 35.1 Å². The Morgan fingerprint density at radius 2 is 2.10 bits per heavy atom. The van der Waals surface area contributed by atoms with E-state index in [0.29, 0.717) is 0 Å². The van der Waals surface area contributed by atoms with Gasteiger partial charge in [-0.05, 0) is 24.6 Å². The third-order valence-electron chi connectivity index (χ3n) is 3.27. The maximum Gasteiger partial charge on any atom is 0.416 e. The number of aliphatic hydroxyl groups is 2. The lowest BCUT2D eigenvalue weighted by Crippen LogP contribution is -2.38. The number of alkyl halides is 3. The van der Waals surface area contributed by atoms with Crippen molar-refractivity contribution in [1.29, 1.82) is 0 Å². The molecule has 0 spiro atoms. The molecule has 118 valence electrons. The lowest BCUT2D eigenvalue weighted by Gasteiger charge is -2.22. The first-order chi connectivity index (χ1) is 9.66. The van der Waals surface area contributed by atoms with Crippen LogP contribution in [0.2, 0.25) is 5.02 Å². The van der Waals surface area contributed by atoms with Crippen LogP contribution in [0, 0.1) is 0 Å². The molecule has 1 aromatic rings. The average molecular weight is 344 g/mol. The summed E-state index contributed by atoms with van der Waals surface area (Å²) in [5.74, 6) is 0. The van der Waals surface area contributed by atoms with Crippen molar-refractivity contribution in [2.75, 3.05) is 19.7 Å². The summed E-state index contributed by atoms with van der Waals surface area (Å²) in [5, 5.41) is 18.7. The summed E-state index contributed by atoms with van der Waals surface area (Å²) < 4.78 is 51.3. The molecule has 0 radical (unpaired) electrons. The summed E-state index contributed by atoms with van der Waals surface area (Å²) >= 11 is 3.99. The van der Waals surface area contributed by atoms with E-state index < -0.39 is 35.3 Å². The average Bonchev–Trinajstić information content (AvgIpc) is 2.80. The topological polar surface area (TPSA) is 66.8 Å². The maximum absolute atomic E-state index is 12.5. The molecular weight excluding hydrogens is 331 g/mol. The highest BCUT2D eigenvalue weighted by atomic mass is 35.5. The van der Waals surface area contributed by atoms with Crippen molar-refractivity contribution >= 4 is 23.0 Å². The molecule has 2 atom stereocenters. The fourth-order valence-electron chi connectivity index (χ4n) is 2.05. The Morgan fingerprint density at radius 1 is 1.43 bits per heavy atom. The molecule has 1 aliphatic heterocycles. The van der Waals surface area contributed by atoms with E-state index in [4.69, 9.17) is 16.7 Å². The summed E-state index contributed by atoms with van der Waals surface area (Å²) in [5.41, 5.74) is -2.25. The van der Waals surface area contributed by atoms with E-state index in [1.54, 1.807) is 0 Å². The monoisotopic (exact) mass is 343 g/mol. The zero-order chi connectivity index (χ0) is 15.8. The van der Waals surface area contributed by atoms with Crippen LogP contribution in [0.25, 0.3) is 0 Å². The van der Waals surface area contributed by atoms with Crippen molar-refractivity contribution < 1.29 is 27.9 Å². The Morgan fingerprint density at radius 3 is 2.57 bits per heavy atom. The number of benzene rings is 1. The standard InChI is InChI=1S/C12H13ClF3NO3S/c13-9-5-8(12(14,15)16)1-2-10(9)21(20)17-4-3-11(19,6-17)7-18/h1-2,5,18-19H,3-4,6-7H2. The van der Waals surface area contributed by atoms with E-state index in [0.717, 1.165) is 18.2 Å². The second-order valence-electron chi connectivity index (χ2n) is 4.89. The van der Waals surface area contributed by atoms with E-state index in [9.17, 15) is 22.8 Å². The maximum atomic E-state index is 12.5. The quantitative estimate of drug-likeness (QED) is 0.821. The molecule has 9 heteroatoms. The van der Waals surface area contributed by atoms with Crippen molar-refractivity contribution in [3.05, 3.63) is 28.8 Å². The van der Waals surface area contributed by atoms with Gasteiger partial charge in [-0.15, -0.1) is 4.31 Å². The molecule has 2 N–H and O–H groups in total. The second kappa shape index (κ2) is 5.94. The number of hydrogen-bond acceptors (Lipinski definition) is 4. The zero-order valence-corrected chi connectivity index (χ0v) is 12.3. The Balaban J connectivity index is 2.19. The fourth-order valence-corrected chi connectivity index (χ4v) is 3.73. The Bertz CT molecular complexity index is 531. The van der Waals surface area contributed by atoms with E-state index in [1.165, 1.54) is 4.31 Å². The third kappa shape index (κ3) is 3.64. The normalized spacial score (nSPS) is 25.3. The minimum Gasteiger partial charge on any atom is -0.593 e. The van der Waals surface area contributed by atoms with Gasteiger partial charge in [-0.3, -0.25) is 0 Å². The van der Waals surface area contributed by atoms with Crippen LogP contribution in [0.3, 0.4) is 0 Å². The lowest BCUT2D eigenvalue weighted by molar-refractivity contribution is -0.137. The first-order valence-corrected chi connectivity index (χ1v) is 7.51. The van der Waals surface area contributed by atoms with Gasteiger partial charge in [-0.2, -0.15) is 13.2 Å². The van der Waals surface area contributed by atoms with Crippen molar-refractivity contribution in [3.63, 3.8) is 0 Å². The summed E-state index contributed by atoms with van der Waals surface area (Å²) in [6.07, 6.45) is -4.29. The van der Waals surface area contributed by atoms with E-state index in [2.05, 4.69) is 0 Å². The molecule has 0 saturated carbocycles. The number of nitrogens with zero attached hydrogens (tertiary/aromatic N) is 1. The minimum atomic E-state index is -4.52. The van der Waals surface area contributed by atoms with Crippen molar-refractivity contribution in [1.82, 2.24) is 4.31 Å². The van der Waals surface area contributed by atoms with Gasteiger partial charge in [0.2, 0.25) is 0 Å². The SMILES string of the molecule is [O-][S+](c1ccc(C(F)(F)F)cc1Cl)N1CCC(O)(CO)C1. The van der Waals surface area contributed by atoms with Gasteiger partial charge in [-0.1, -0.05) is 11.6 Å². The van der Waals surface area contributed by atoms with E-state index in [1.807, 2.05) is 0 Å².